The molecule has 1 fully saturated rings. The van der Waals surface area contributed by atoms with Crippen molar-refractivity contribution in [3.63, 3.8) is 0 Å². The molecule has 1 atom stereocenters. The van der Waals surface area contributed by atoms with Gasteiger partial charge in [-0.1, -0.05) is 53.1 Å². The molecule has 28 heavy (non-hydrogen) atoms. The quantitative estimate of drug-likeness (QED) is 0.699. The van der Waals surface area contributed by atoms with E-state index in [4.69, 9.17) is 29.3 Å². The standard InChI is InChI=1S/C19H15BClNO5S/c20-13-3-6-15(27-10-17(23)24)12(7-13)8-16-18(25)22(19(26)28-16)9-11-1-4-14(21)5-2-11/h1-7,16H,8-10H2,(H,23,24). The lowest BCUT2D eigenvalue weighted by molar-refractivity contribution is -0.139. The fraction of sp³-hybridized carbons (Fsp3) is 0.211. The van der Waals surface area contributed by atoms with Crippen molar-refractivity contribution >= 4 is 53.8 Å². The molecule has 1 aliphatic rings. The van der Waals surface area contributed by atoms with Crippen LogP contribution in [0.1, 0.15) is 11.1 Å². The third-order valence-electron chi connectivity index (χ3n) is 4.10. The molecule has 1 unspecified atom stereocenters. The smallest absolute Gasteiger partial charge is 0.341 e. The molecule has 2 amide bonds. The predicted molar refractivity (Wildman–Crippen MR) is 107 cm³/mol. The number of nitrogens with zero attached hydrogens (tertiary/aromatic N) is 1. The van der Waals surface area contributed by atoms with Crippen LogP contribution in [-0.2, 0) is 22.6 Å². The van der Waals surface area contributed by atoms with Crippen molar-refractivity contribution in [2.24, 2.45) is 0 Å². The summed E-state index contributed by atoms with van der Waals surface area (Å²) in [5, 5.41) is 8.42. The molecule has 0 aliphatic carbocycles. The lowest BCUT2D eigenvalue weighted by atomic mass is 9.92. The van der Waals surface area contributed by atoms with Crippen LogP contribution in [0.25, 0.3) is 0 Å². The van der Waals surface area contributed by atoms with Crippen molar-refractivity contribution in [3.05, 3.63) is 58.6 Å². The molecule has 1 saturated heterocycles. The van der Waals surface area contributed by atoms with Gasteiger partial charge in [-0.25, -0.2) is 4.79 Å². The number of imide groups is 1. The number of benzene rings is 2. The zero-order valence-corrected chi connectivity index (χ0v) is 16.2. The molecule has 0 spiro atoms. The molecule has 6 nitrogen and oxygen atoms in total. The summed E-state index contributed by atoms with van der Waals surface area (Å²) in [6, 6.07) is 11.7. The Morgan fingerprint density at radius 2 is 1.93 bits per heavy atom. The second-order valence-electron chi connectivity index (χ2n) is 6.18. The maximum atomic E-state index is 12.7. The Hall–Kier alpha value is -2.45. The van der Waals surface area contributed by atoms with Gasteiger partial charge >= 0.3 is 5.97 Å². The molecular weight excluding hydrogens is 401 g/mol. The lowest BCUT2D eigenvalue weighted by Gasteiger charge is -2.15. The van der Waals surface area contributed by atoms with Crippen LogP contribution in [0.5, 0.6) is 5.75 Å². The lowest BCUT2D eigenvalue weighted by Crippen LogP contribution is -2.31. The summed E-state index contributed by atoms with van der Waals surface area (Å²) in [5.74, 6) is -1.09. The van der Waals surface area contributed by atoms with E-state index in [1.807, 2.05) is 0 Å². The van der Waals surface area contributed by atoms with Crippen LogP contribution >= 0.6 is 23.4 Å². The molecule has 3 rings (SSSR count). The number of amides is 2. The normalized spacial score (nSPS) is 16.5. The SMILES string of the molecule is [B]c1ccc(OCC(=O)O)c(CC2SC(=O)N(Cc3ccc(Cl)cc3)C2=O)c1. The van der Waals surface area contributed by atoms with E-state index in [1.54, 1.807) is 42.5 Å². The second kappa shape index (κ2) is 8.71. The second-order valence-corrected chi connectivity index (χ2v) is 7.77. The Labute approximate surface area is 172 Å². The topological polar surface area (TPSA) is 83.9 Å². The highest BCUT2D eigenvalue weighted by Crippen LogP contribution is 2.32. The van der Waals surface area contributed by atoms with Crippen LogP contribution in [-0.4, -0.2) is 46.8 Å². The molecule has 1 heterocycles. The summed E-state index contributed by atoms with van der Waals surface area (Å²) in [5.41, 5.74) is 1.83. The zero-order chi connectivity index (χ0) is 20.3. The fourth-order valence-corrected chi connectivity index (χ4v) is 3.92. The van der Waals surface area contributed by atoms with Gasteiger partial charge in [0.15, 0.2) is 6.61 Å². The molecule has 142 valence electrons. The molecular formula is C19H15BClNO5S. The van der Waals surface area contributed by atoms with Crippen molar-refractivity contribution in [2.45, 2.75) is 18.2 Å². The van der Waals surface area contributed by atoms with Gasteiger partial charge in [-0.3, -0.25) is 14.5 Å². The molecule has 2 aromatic rings. The molecule has 1 N–H and O–H groups in total. The summed E-state index contributed by atoms with van der Waals surface area (Å²) >= 11 is 6.80. The van der Waals surface area contributed by atoms with Crippen LogP contribution in [0.3, 0.4) is 0 Å². The Balaban J connectivity index is 1.74. The summed E-state index contributed by atoms with van der Waals surface area (Å²) in [6.45, 7) is -0.345. The van der Waals surface area contributed by atoms with E-state index in [2.05, 4.69) is 0 Å². The Bertz CT molecular complexity index is 921. The van der Waals surface area contributed by atoms with Crippen molar-refractivity contribution < 1.29 is 24.2 Å². The van der Waals surface area contributed by atoms with Gasteiger partial charge in [0, 0.05) is 5.02 Å². The molecule has 1 aliphatic heterocycles. The summed E-state index contributed by atoms with van der Waals surface area (Å²) in [4.78, 5) is 37.0. The Kier molecular flexibility index (Phi) is 6.31. The average Bonchev–Trinajstić information content (AvgIpc) is 2.90. The van der Waals surface area contributed by atoms with Gasteiger partial charge < -0.3 is 9.84 Å². The molecule has 2 radical (unpaired) electrons. The van der Waals surface area contributed by atoms with E-state index in [1.165, 1.54) is 4.90 Å². The molecule has 9 heteroatoms. The first-order chi connectivity index (χ1) is 13.3. The monoisotopic (exact) mass is 415 g/mol. The van der Waals surface area contributed by atoms with Crippen molar-refractivity contribution in [1.29, 1.82) is 0 Å². The number of hydrogen-bond acceptors (Lipinski definition) is 5. The van der Waals surface area contributed by atoms with Crippen molar-refractivity contribution in [2.75, 3.05) is 6.61 Å². The third-order valence-corrected chi connectivity index (χ3v) is 5.43. The van der Waals surface area contributed by atoms with Crippen LogP contribution in [0.2, 0.25) is 5.02 Å². The van der Waals surface area contributed by atoms with Gasteiger partial charge in [0.25, 0.3) is 5.24 Å². The van der Waals surface area contributed by atoms with E-state index in [-0.39, 0.29) is 24.1 Å². The van der Waals surface area contributed by atoms with Gasteiger partial charge in [-0.05, 0) is 35.7 Å². The van der Waals surface area contributed by atoms with E-state index in [0.717, 1.165) is 17.3 Å². The minimum atomic E-state index is -1.11. The van der Waals surface area contributed by atoms with Crippen molar-refractivity contribution in [3.8, 4) is 5.75 Å². The van der Waals surface area contributed by atoms with Crippen LogP contribution in [0.4, 0.5) is 4.79 Å². The highest BCUT2D eigenvalue weighted by atomic mass is 35.5. The number of thioether (sulfide) groups is 1. The van der Waals surface area contributed by atoms with E-state index in [9.17, 15) is 14.4 Å². The number of carbonyl (C=O) groups excluding carboxylic acids is 2. The maximum absolute atomic E-state index is 12.7. The number of carboxylic acid groups (broad SMARTS) is 1. The van der Waals surface area contributed by atoms with Gasteiger partial charge in [0.2, 0.25) is 5.91 Å². The predicted octanol–water partition coefficient (Wildman–Crippen LogP) is 2.40. The first kappa shape index (κ1) is 20.3. The van der Waals surface area contributed by atoms with Gasteiger partial charge in [-0.15, -0.1) is 0 Å². The molecule has 0 saturated carbocycles. The van der Waals surface area contributed by atoms with E-state index in [0.29, 0.717) is 21.8 Å². The summed E-state index contributed by atoms with van der Waals surface area (Å²) in [7, 11) is 5.81. The van der Waals surface area contributed by atoms with E-state index < -0.39 is 17.8 Å². The Morgan fingerprint density at radius 3 is 2.61 bits per heavy atom. The van der Waals surface area contributed by atoms with Crippen LogP contribution < -0.4 is 10.2 Å². The molecule has 2 aromatic carbocycles. The fourth-order valence-electron chi connectivity index (χ4n) is 2.78. The summed E-state index contributed by atoms with van der Waals surface area (Å²) in [6.07, 6.45) is 0.201. The average molecular weight is 416 g/mol. The highest BCUT2D eigenvalue weighted by Gasteiger charge is 2.39. The zero-order valence-electron chi connectivity index (χ0n) is 14.6. The number of ether oxygens (including phenoxy) is 1. The third kappa shape index (κ3) is 4.88. The Morgan fingerprint density at radius 1 is 1.21 bits per heavy atom. The maximum Gasteiger partial charge on any atom is 0.341 e. The first-order valence-corrected chi connectivity index (χ1v) is 9.58. The van der Waals surface area contributed by atoms with Gasteiger partial charge in [0.1, 0.15) is 13.6 Å². The summed E-state index contributed by atoms with van der Waals surface area (Å²) < 4.78 is 5.27. The number of hydrogen-bond donors (Lipinski definition) is 1. The van der Waals surface area contributed by atoms with E-state index >= 15 is 0 Å². The number of halogens is 1. The largest absolute Gasteiger partial charge is 0.482 e. The van der Waals surface area contributed by atoms with Gasteiger partial charge in [0.05, 0.1) is 11.8 Å². The minimum absolute atomic E-state index is 0.164. The molecule has 0 aromatic heterocycles. The minimum Gasteiger partial charge on any atom is -0.482 e. The highest BCUT2D eigenvalue weighted by molar-refractivity contribution is 8.15. The van der Waals surface area contributed by atoms with Crippen molar-refractivity contribution in [1.82, 2.24) is 4.90 Å². The van der Waals surface area contributed by atoms with Crippen LogP contribution in [0.15, 0.2) is 42.5 Å². The van der Waals surface area contributed by atoms with Crippen LogP contribution in [0, 0.1) is 0 Å². The number of rotatable bonds is 7. The number of carbonyl (C=O) groups is 3. The van der Waals surface area contributed by atoms with Gasteiger partial charge in [-0.2, -0.15) is 0 Å². The number of aliphatic carboxylic acids is 1. The molecule has 0 bridgehead atoms. The number of carboxylic acids is 1. The first-order valence-electron chi connectivity index (χ1n) is 8.33.